The van der Waals surface area contributed by atoms with E-state index < -0.39 is 0 Å². The number of nitrogens with zero attached hydrogens (tertiary/aromatic N) is 2. The standard InChI is InChI=1S/C23H27N3O4/c27-22(19-5-3-4-18(16-19)17-25-8-12-29-13-9-25)24-21-7-2-1-6-20(21)23(28)26-10-14-30-15-11-26/h1-7,16H,8-15,17H2,(H,24,27). The van der Waals surface area contributed by atoms with Crippen LogP contribution in [0.2, 0.25) is 0 Å². The third kappa shape index (κ3) is 5.05. The first-order valence-electron chi connectivity index (χ1n) is 10.4. The highest BCUT2D eigenvalue weighted by Gasteiger charge is 2.22. The van der Waals surface area contributed by atoms with E-state index in [0.29, 0.717) is 43.1 Å². The van der Waals surface area contributed by atoms with E-state index in [-0.39, 0.29) is 11.8 Å². The molecule has 0 spiro atoms. The highest BCUT2D eigenvalue weighted by molar-refractivity contribution is 6.09. The Balaban J connectivity index is 1.46. The van der Waals surface area contributed by atoms with Gasteiger partial charge in [0.2, 0.25) is 0 Å². The summed E-state index contributed by atoms with van der Waals surface area (Å²) in [6.07, 6.45) is 0. The van der Waals surface area contributed by atoms with Gasteiger partial charge < -0.3 is 19.7 Å². The summed E-state index contributed by atoms with van der Waals surface area (Å²) in [7, 11) is 0. The zero-order valence-corrected chi connectivity index (χ0v) is 17.0. The molecular formula is C23H27N3O4. The van der Waals surface area contributed by atoms with Crippen molar-refractivity contribution in [2.45, 2.75) is 6.54 Å². The molecule has 0 bridgehead atoms. The van der Waals surface area contributed by atoms with Gasteiger partial charge in [-0.1, -0.05) is 24.3 Å². The maximum atomic E-state index is 12.9. The van der Waals surface area contributed by atoms with Crippen molar-refractivity contribution in [1.82, 2.24) is 9.80 Å². The Morgan fingerprint density at radius 2 is 1.57 bits per heavy atom. The first-order valence-corrected chi connectivity index (χ1v) is 10.4. The largest absolute Gasteiger partial charge is 0.379 e. The highest BCUT2D eigenvalue weighted by Crippen LogP contribution is 2.20. The molecule has 0 aromatic heterocycles. The van der Waals surface area contributed by atoms with Crippen LogP contribution >= 0.6 is 0 Å². The van der Waals surface area contributed by atoms with Gasteiger partial charge in [-0.05, 0) is 29.8 Å². The van der Waals surface area contributed by atoms with Crippen molar-refractivity contribution in [3.63, 3.8) is 0 Å². The maximum Gasteiger partial charge on any atom is 0.256 e. The Kier molecular flexibility index (Phi) is 6.74. The van der Waals surface area contributed by atoms with Crippen LogP contribution in [-0.2, 0) is 16.0 Å². The molecule has 0 aliphatic carbocycles. The van der Waals surface area contributed by atoms with E-state index in [4.69, 9.17) is 9.47 Å². The topological polar surface area (TPSA) is 71.1 Å². The molecule has 30 heavy (non-hydrogen) atoms. The summed E-state index contributed by atoms with van der Waals surface area (Å²) in [5.74, 6) is -0.309. The molecule has 7 heteroatoms. The van der Waals surface area contributed by atoms with Crippen LogP contribution in [0.1, 0.15) is 26.3 Å². The number of morpholine rings is 2. The van der Waals surface area contributed by atoms with Gasteiger partial charge in [-0.2, -0.15) is 0 Å². The summed E-state index contributed by atoms with van der Waals surface area (Å²) in [6.45, 7) is 6.27. The molecule has 158 valence electrons. The summed E-state index contributed by atoms with van der Waals surface area (Å²) in [5.41, 5.74) is 2.69. The van der Waals surface area contributed by atoms with Gasteiger partial charge in [0.05, 0.1) is 37.7 Å². The van der Waals surface area contributed by atoms with Gasteiger partial charge in [-0.3, -0.25) is 14.5 Å². The molecule has 0 saturated carbocycles. The zero-order chi connectivity index (χ0) is 20.8. The van der Waals surface area contributed by atoms with Crippen LogP contribution in [0.5, 0.6) is 0 Å². The molecule has 2 amide bonds. The van der Waals surface area contributed by atoms with Crippen molar-refractivity contribution >= 4 is 17.5 Å². The molecule has 2 aliphatic rings. The molecule has 1 N–H and O–H groups in total. The number of para-hydroxylation sites is 1. The summed E-state index contributed by atoms with van der Waals surface area (Å²) >= 11 is 0. The monoisotopic (exact) mass is 409 g/mol. The van der Waals surface area contributed by atoms with E-state index in [1.54, 1.807) is 23.1 Å². The second kappa shape index (κ2) is 9.84. The van der Waals surface area contributed by atoms with Gasteiger partial charge >= 0.3 is 0 Å². The number of hydrogen-bond acceptors (Lipinski definition) is 5. The third-order valence-electron chi connectivity index (χ3n) is 5.40. The summed E-state index contributed by atoms with van der Waals surface area (Å²) in [6, 6.07) is 14.8. The fourth-order valence-corrected chi connectivity index (χ4v) is 3.74. The molecule has 7 nitrogen and oxygen atoms in total. The normalized spacial score (nSPS) is 17.5. The minimum absolute atomic E-state index is 0.0877. The molecule has 2 fully saturated rings. The molecule has 0 unspecified atom stereocenters. The number of ether oxygens (including phenoxy) is 2. The summed E-state index contributed by atoms with van der Waals surface area (Å²) in [4.78, 5) is 29.9. The summed E-state index contributed by atoms with van der Waals surface area (Å²) in [5, 5.41) is 2.93. The molecule has 2 aliphatic heterocycles. The first kappa shape index (κ1) is 20.5. The number of hydrogen-bond donors (Lipinski definition) is 1. The number of carbonyl (C=O) groups excluding carboxylic acids is 2. The molecule has 4 rings (SSSR count). The van der Waals surface area contributed by atoms with Crippen molar-refractivity contribution in [2.75, 3.05) is 57.9 Å². The van der Waals surface area contributed by atoms with Gasteiger partial charge in [0.1, 0.15) is 0 Å². The Morgan fingerprint density at radius 3 is 2.33 bits per heavy atom. The predicted octanol–water partition coefficient (Wildman–Crippen LogP) is 2.24. The van der Waals surface area contributed by atoms with Crippen LogP contribution in [-0.4, -0.2) is 74.2 Å². The molecule has 2 aromatic carbocycles. The minimum atomic E-state index is -0.221. The average Bonchev–Trinajstić information content (AvgIpc) is 2.80. The van der Waals surface area contributed by atoms with Gasteiger partial charge in [0.25, 0.3) is 11.8 Å². The molecular weight excluding hydrogens is 382 g/mol. The van der Waals surface area contributed by atoms with E-state index in [2.05, 4.69) is 10.2 Å². The number of rotatable bonds is 5. The summed E-state index contributed by atoms with van der Waals surface area (Å²) < 4.78 is 10.7. The lowest BCUT2D eigenvalue weighted by atomic mass is 10.1. The molecule has 0 radical (unpaired) electrons. The van der Waals surface area contributed by atoms with E-state index in [0.717, 1.165) is 38.4 Å². The smallest absolute Gasteiger partial charge is 0.256 e. The molecule has 2 heterocycles. The molecule has 2 saturated heterocycles. The van der Waals surface area contributed by atoms with Crippen molar-refractivity contribution < 1.29 is 19.1 Å². The van der Waals surface area contributed by atoms with E-state index in [9.17, 15) is 9.59 Å². The van der Waals surface area contributed by atoms with Gasteiger partial charge in [0, 0.05) is 38.3 Å². The van der Waals surface area contributed by atoms with Crippen molar-refractivity contribution in [3.05, 3.63) is 65.2 Å². The lowest BCUT2D eigenvalue weighted by Crippen LogP contribution is -2.41. The van der Waals surface area contributed by atoms with Gasteiger partial charge in [0.15, 0.2) is 0 Å². The number of anilines is 1. The lowest BCUT2D eigenvalue weighted by molar-refractivity contribution is 0.0303. The van der Waals surface area contributed by atoms with Crippen LogP contribution in [0, 0.1) is 0 Å². The van der Waals surface area contributed by atoms with E-state index in [1.165, 1.54) is 0 Å². The number of carbonyl (C=O) groups is 2. The Morgan fingerprint density at radius 1 is 0.867 bits per heavy atom. The fourth-order valence-electron chi connectivity index (χ4n) is 3.74. The third-order valence-corrected chi connectivity index (χ3v) is 5.40. The quantitative estimate of drug-likeness (QED) is 0.820. The fraction of sp³-hybridized carbons (Fsp3) is 0.391. The number of amides is 2. The van der Waals surface area contributed by atoms with Crippen LogP contribution in [0.3, 0.4) is 0 Å². The SMILES string of the molecule is O=C(Nc1ccccc1C(=O)N1CCOCC1)c1cccc(CN2CCOCC2)c1. The van der Waals surface area contributed by atoms with Crippen LogP contribution in [0.25, 0.3) is 0 Å². The first-order chi connectivity index (χ1) is 14.7. The Hall–Kier alpha value is -2.74. The van der Waals surface area contributed by atoms with Crippen molar-refractivity contribution in [1.29, 1.82) is 0 Å². The van der Waals surface area contributed by atoms with Gasteiger partial charge in [-0.25, -0.2) is 0 Å². The maximum absolute atomic E-state index is 12.9. The highest BCUT2D eigenvalue weighted by atomic mass is 16.5. The zero-order valence-electron chi connectivity index (χ0n) is 17.0. The lowest BCUT2D eigenvalue weighted by Gasteiger charge is -2.27. The number of nitrogens with one attached hydrogen (secondary N) is 1. The Bertz CT molecular complexity index is 890. The predicted molar refractivity (Wildman–Crippen MR) is 114 cm³/mol. The second-order valence-electron chi connectivity index (χ2n) is 7.49. The van der Waals surface area contributed by atoms with Crippen molar-refractivity contribution in [3.8, 4) is 0 Å². The Labute approximate surface area is 176 Å². The van der Waals surface area contributed by atoms with E-state index >= 15 is 0 Å². The molecule has 0 atom stereocenters. The minimum Gasteiger partial charge on any atom is -0.379 e. The average molecular weight is 409 g/mol. The number of benzene rings is 2. The molecule has 2 aromatic rings. The van der Waals surface area contributed by atoms with Gasteiger partial charge in [-0.15, -0.1) is 0 Å². The van der Waals surface area contributed by atoms with Crippen molar-refractivity contribution in [2.24, 2.45) is 0 Å². The second-order valence-corrected chi connectivity index (χ2v) is 7.49. The van der Waals surface area contributed by atoms with Crippen LogP contribution in [0.15, 0.2) is 48.5 Å². The van der Waals surface area contributed by atoms with E-state index in [1.807, 2.05) is 30.3 Å². The van der Waals surface area contributed by atoms with Crippen LogP contribution < -0.4 is 5.32 Å². The van der Waals surface area contributed by atoms with Crippen LogP contribution in [0.4, 0.5) is 5.69 Å².